The van der Waals surface area contributed by atoms with E-state index in [4.69, 9.17) is 4.74 Å². The summed E-state index contributed by atoms with van der Waals surface area (Å²) in [5.41, 5.74) is 2.80. The lowest BCUT2D eigenvalue weighted by Crippen LogP contribution is -2.37. The molecule has 0 bridgehead atoms. The molecule has 1 N–H and O–H groups in total. The van der Waals surface area contributed by atoms with Crippen LogP contribution in [0.15, 0.2) is 24.3 Å². The van der Waals surface area contributed by atoms with Gasteiger partial charge in [-0.1, -0.05) is 24.3 Å². The van der Waals surface area contributed by atoms with Crippen molar-refractivity contribution in [3.05, 3.63) is 35.4 Å². The van der Waals surface area contributed by atoms with Gasteiger partial charge < -0.3 is 10.1 Å². The third kappa shape index (κ3) is 2.89. The second-order valence-electron chi connectivity index (χ2n) is 4.63. The summed E-state index contributed by atoms with van der Waals surface area (Å²) in [5, 5.41) is 3.00. The molecular formula is C14H20N2O2. The predicted octanol–water partition coefficient (Wildman–Crippen LogP) is 1.15. The second-order valence-corrected chi connectivity index (χ2v) is 4.63. The second kappa shape index (κ2) is 5.98. The van der Waals surface area contributed by atoms with Crippen LogP contribution < -0.4 is 5.32 Å². The highest BCUT2D eigenvalue weighted by Crippen LogP contribution is 2.22. The quantitative estimate of drug-likeness (QED) is 0.794. The van der Waals surface area contributed by atoms with E-state index in [0.29, 0.717) is 0 Å². The fraction of sp³-hybridized carbons (Fsp3) is 0.500. The molecule has 1 aromatic carbocycles. The Morgan fingerprint density at radius 1 is 1.39 bits per heavy atom. The normalized spacial score (nSPS) is 16.3. The maximum absolute atomic E-state index is 11.5. The van der Waals surface area contributed by atoms with Gasteiger partial charge in [0.05, 0.1) is 7.11 Å². The maximum atomic E-state index is 11.5. The van der Waals surface area contributed by atoms with E-state index >= 15 is 0 Å². The van der Waals surface area contributed by atoms with E-state index in [9.17, 15) is 4.79 Å². The number of carbonyl (C=O) groups is 1. The Morgan fingerprint density at radius 2 is 2.00 bits per heavy atom. The highest BCUT2D eigenvalue weighted by atomic mass is 16.5. The number of carbonyl (C=O) groups excluding carboxylic acids is 1. The third-order valence-electron chi connectivity index (χ3n) is 3.47. The molecular weight excluding hydrogens is 228 g/mol. The summed E-state index contributed by atoms with van der Waals surface area (Å²) >= 11 is 0. The number of nitrogens with zero attached hydrogens (tertiary/aromatic N) is 1. The van der Waals surface area contributed by atoms with Gasteiger partial charge in [0.1, 0.15) is 6.04 Å². The van der Waals surface area contributed by atoms with Gasteiger partial charge in [-0.15, -0.1) is 0 Å². The first-order valence-electron chi connectivity index (χ1n) is 6.29. The summed E-state index contributed by atoms with van der Waals surface area (Å²) in [7, 11) is 3.22. The van der Waals surface area contributed by atoms with Crippen LogP contribution in [0.3, 0.4) is 0 Å². The van der Waals surface area contributed by atoms with Gasteiger partial charge in [0.15, 0.2) is 0 Å². The molecule has 0 saturated carbocycles. The van der Waals surface area contributed by atoms with E-state index in [1.807, 2.05) is 0 Å². The first kappa shape index (κ1) is 13.1. The van der Waals surface area contributed by atoms with Gasteiger partial charge in [-0.25, -0.2) is 0 Å². The predicted molar refractivity (Wildman–Crippen MR) is 70.0 cm³/mol. The molecule has 1 atom stereocenters. The van der Waals surface area contributed by atoms with Crippen molar-refractivity contribution in [2.45, 2.75) is 25.6 Å². The first-order valence-corrected chi connectivity index (χ1v) is 6.29. The third-order valence-corrected chi connectivity index (χ3v) is 3.47. The van der Waals surface area contributed by atoms with Crippen LogP contribution in [0, 0.1) is 0 Å². The summed E-state index contributed by atoms with van der Waals surface area (Å²) in [5.74, 6) is -0.186. The molecule has 1 unspecified atom stereocenters. The molecule has 1 aliphatic rings. The summed E-state index contributed by atoms with van der Waals surface area (Å²) < 4.78 is 4.76. The molecule has 2 rings (SSSR count). The van der Waals surface area contributed by atoms with E-state index < -0.39 is 0 Å². The Labute approximate surface area is 108 Å². The lowest BCUT2D eigenvalue weighted by Gasteiger charge is -2.19. The molecule has 1 aliphatic heterocycles. The maximum Gasteiger partial charge on any atom is 0.322 e. The summed E-state index contributed by atoms with van der Waals surface area (Å²) in [4.78, 5) is 13.8. The number of hydrogen-bond acceptors (Lipinski definition) is 4. The van der Waals surface area contributed by atoms with Gasteiger partial charge in [-0.2, -0.15) is 0 Å². The zero-order chi connectivity index (χ0) is 13.0. The molecule has 0 radical (unpaired) electrons. The van der Waals surface area contributed by atoms with Crippen LogP contribution in [-0.2, 0) is 22.6 Å². The molecule has 18 heavy (non-hydrogen) atoms. The van der Waals surface area contributed by atoms with Crippen LogP contribution in [-0.4, -0.2) is 37.6 Å². The lowest BCUT2D eigenvalue weighted by molar-refractivity contribution is -0.143. The van der Waals surface area contributed by atoms with Crippen molar-refractivity contribution in [2.75, 3.05) is 20.7 Å². The average Bonchev–Trinajstić information content (AvgIpc) is 2.81. The molecule has 0 aromatic heterocycles. The summed E-state index contributed by atoms with van der Waals surface area (Å²) in [6, 6.07) is 8.29. The van der Waals surface area contributed by atoms with Gasteiger partial charge in [0, 0.05) is 19.6 Å². The molecule has 0 amide bonds. The Balaban J connectivity index is 1.84. The van der Waals surface area contributed by atoms with E-state index in [0.717, 1.165) is 26.1 Å². The Hall–Kier alpha value is -1.39. The van der Waals surface area contributed by atoms with Gasteiger partial charge in [-0.3, -0.25) is 9.69 Å². The van der Waals surface area contributed by atoms with Gasteiger partial charge >= 0.3 is 5.97 Å². The van der Waals surface area contributed by atoms with Crippen LogP contribution in [0.2, 0.25) is 0 Å². The number of hydrogen-bond donors (Lipinski definition) is 1. The van der Waals surface area contributed by atoms with Crippen molar-refractivity contribution >= 4 is 5.97 Å². The Bertz CT molecular complexity index is 395. The zero-order valence-corrected chi connectivity index (χ0v) is 11.0. The first-order chi connectivity index (χ1) is 8.74. The summed E-state index contributed by atoms with van der Waals surface area (Å²) in [6.07, 6.45) is 0.775. The minimum Gasteiger partial charge on any atom is -0.468 e. The minimum atomic E-state index is -0.210. The highest BCUT2D eigenvalue weighted by Gasteiger charge is 2.21. The Morgan fingerprint density at radius 3 is 2.50 bits per heavy atom. The molecule has 0 fully saturated rings. The molecule has 1 aromatic rings. The van der Waals surface area contributed by atoms with E-state index in [-0.39, 0.29) is 12.0 Å². The van der Waals surface area contributed by atoms with Crippen LogP contribution in [0.1, 0.15) is 17.5 Å². The average molecular weight is 248 g/mol. The smallest absolute Gasteiger partial charge is 0.322 e. The molecule has 98 valence electrons. The largest absolute Gasteiger partial charge is 0.468 e. The Kier molecular flexibility index (Phi) is 4.33. The van der Waals surface area contributed by atoms with Crippen molar-refractivity contribution in [1.82, 2.24) is 10.2 Å². The van der Waals surface area contributed by atoms with Crippen LogP contribution in [0.5, 0.6) is 0 Å². The number of rotatable bonds is 5. The van der Waals surface area contributed by atoms with Crippen LogP contribution >= 0.6 is 0 Å². The number of methoxy groups -OCH3 is 1. The summed E-state index contributed by atoms with van der Waals surface area (Å²) in [6.45, 7) is 2.86. The van der Waals surface area contributed by atoms with Crippen molar-refractivity contribution in [3.63, 3.8) is 0 Å². The van der Waals surface area contributed by atoms with Gasteiger partial charge in [-0.05, 0) is 24.6 Å². The van der Waals surface area contributed by atoms with Crippen molar-refractivity contribution in [1.29, 1.82) is 0 Å². The molecule has 4 heteroatoms. The van der Waals surface area contributed by atoms with E-state index in [2.05, 4.69) is 34.5 Å². The number of nitrogens with one attached hydrogen (secondary N) is 1. The van der Waals surface area contributed by atoms with Gasteiger partial charge in [0.2, 0.25) is 0 Å². The standard InChI is InChI=1S/C14H20N2O2/c1-15-13(14(17)18-2)7-8-16-9-11-5-3-4-6-12(11)10-16/h3-6,13,15H,7-10H2,1-2H3. The fourth-order valence-corrected chi connectivity index (χ4v) is 2.40. The van der Waals surface area contributed by atoms with Gasteiger partial charge in [0.25, 0.3) is 0 Å². The van der Waals surface area contributed by atoms with Crippen LogP contribution in [0.4, 0.5) is 0 Å². The van der Waals surface area contributed by atoms with Crippen molar-refractivity contribution in [2.24, 2.45) is 0 Å². The zero-order valence-electron chi connectivity index (χ0n) is 11.0. The number of fused-ring (bicyclic) bond motifs is 1. The van der Waals surface area contributed by atoms with E-state index in [1.54, 1.807) is 7.05 Å². The van der Waals surface area contributed by atoms with Crippen molar-refractivity contribution < 1.29 is 9.53 Å². The molecule has 0 saturated heterocycles. The monoisotopic (exact) mass is 248 g/mol. The molecule has 0 spiro atoms. The minimum absolute atomic E-state index is 0.186. The highest BCUT2D eigenvalue weighted by molar-refractivity contribution is 5.75. The number of likely N-dealkylation sites (N-methyl/N-ethyl adjacent to an activating group) is 1. The van der Waals surface area contributed by atoms with E-state index in [1.165, 1.54) is 18.2 Å². The molecule has 0 aliphatic carbocycles. The molecule has 1 heterocycles. The fourth-order valence-electron chi connectivity index (χ4n) is 2.40. The number of esters is 1. The van der Waals surface area contributed by atoms with Crippen molar-refractivity contribution in [3.8, 4) is 0 Å². The SMILES string of the molecule is CNC(CCN1Cc2ccccc2C1)C(=O)OC. The number of benzene rings is 1. The topological polar surface area (TPSA) is 41.6 Å². The lowest BCUT2D eigenvalue weighted by atomic mass is 10.1. The molecule has 4 nitrogen and oxygen atoms in total. The number of ether oxygens (including phenoxy) is 1. The van der Waals surface area contributed by atoms with Crippen LogP contribution in [0.25, 0.3) is 0 Å².